The summed E-state index contributed by atoms with van der Waals surface area (Å²) >= 11 is 6.34. The van der Waals surface area contributed by atoms with Crippen molar-refractivity contribution in [3.8, 4) is 11.4 Å². The maximum atomic E-state index is 6.34. The van der Waals surface area contributed by atoms with Crippen LogP contribution < -0.4 is 5.32 Å². The number of para-hydroxylation sites is 1. The first kappa shape index (κ1) is 16.5. The molecule has 0 amide bonds. The molecule has 4 rings (SSSR count). The first-order valence-corrected chi connectivity index (χ1v) is 8.84. The summed E-state index contributed by atoms with van der Waals surface area (Å²) in [7, 11) is 0. The highest BCUT2D eigenvalue weighted by Crippen LogP contribution is 2.29. The summed E-state index contributed by atoms with van der Waals surface area (Å²) in [5.74, 6) is 1.43. The molecule has 5 heteroatoms. The molecule has 0 aliphatic carbocycles. The van der Waals surface area contributed by atoms with Crippen molar-refractivity contribution in [2.24, 2.45) is 0 Å². The van der Waals surface area contributed by atoms with Crippen LogP contribution in [-0.2, 0) is 6.42 Å². The molecule has 4 nitrogen and oxygen atoms in total. The Morgan fingerprint density at radius 2 is 1.65 bits per heavy atom. The molecule has 2 heterocycles. The Morgan fingerprint density at radius 3 is 2.50 bits per heavy atom. The van der Waals surface area contributed by atoms with Gasteiger partial charge in [0.15, 0.2) is 5.82 Å². The normalized spacial score (nSPS) is 10.8. The fraction of sp³-hybridized carbons (Fsp3) is 0.0952. The number of anilines is 1. The zero-order valence-corrected chi connectivity index (χ0v) is 14.8. The molecule has 0 saturated heterocycles. The minimum atomic E-state index is 0.620. The summed E-state index contributed by atoms with van der Waals surface area (Å²) < 4.78 is 0. The van der Waals surface area contributed by atoms with Crippen LogP contribution in [0.3, 0.4) is 0 Å². The van der Waals surface area contributed by atoms with Crippen LogP contribution >= 0.6 is 11.6 Å². The Morgan fingerprint density at radius 1 is 0.846 bits per heavy atom. The lowest BCUT2D eigenvalue weighted by Gasteiger charge is -2.11. The predicted molar refractivity (Wildman–Crippen MR) is 106 cm³/mol. The Labute approximate surface area is 156 Å². The van der Waals surface area contributed by atoms with Crippen LogP contribution in [0.1, 0.15) is 5.69 Å². The van der Waals surface area contributed by atoms with Crippen molar-refractivity contribution in [3.05, 3.63) is 83.6 Å². The second kappa shape index (κ2) is 7.50. The molecule has 2 aromatic carbocycles. The molecule has 0 spiro atoms. The molecule has 0 unspecified atom stereocenters. The number of fused-ring (bicyclic) bond motifs is 1. The van der Waals surface area contributed by atoms with Crippen LogP contribution in [0.2, 0.25) is 5.02 Å². The van der Waals surface area contributed by atoms with E-state index in [9.17, 15) is 0 Å². The van der Waals surface area contributed by atoms with Crippen molar-refractivity contribution < 1.29 is 0 Å². The number of nitrogens with zero attached hydrogens (tertiary/aromatic N) is 3. The maximum Gasteiger partial charge on any atom is 0.163 e. The lowest BCUT2D eigenvalue weighted by atomic mass is 10.1. The molecule has 26 heavy (non-hydrogen) atoms. The molecule has 0 aliphatic heterocycles. The minimum Gasteiger partial charge on any atom is -0.369 e. The van der Waals surface area contributed by atoms with Crippen LogP contribution in [0.4, 0.5) is 5.82 Å². The lowest BCUT2D eigenvalue weighted by molar-refractivity contribution is 0.955. The number of benzene rings is 2. The highest BCUT2D eigenvalue weighted by molar-refractivity contribution is 6.33. The molecule has 1 N–H and O–H groups in total. The smallest absolute Gasteiger partial charge is 0.163 e. The average Bonchev–Trinajstić information content (AvgIpc) is 2.69. The molecule has 0 bridgehead atoms. The van der Waals surface area contributed by atoms with Gasteiger partial charge in [-0.2, -0.15) is 0 Å². The van der Waals surface area contributed by atoms with Gasteiger partial charge < -0.3 is 5.32 Å². The van der Waals surface area contributed by atoms with Gasteiger partial charge in [0, 0.05) is 35.8 Å². The SMILES string of the molecule is Clc1ccccc1-c1nc(NCCc2ccccn2)c2ccccc2n1. The molecule has 0 aliphatic rings. The van der Waals surface area contributed by atoms with E-state index in [0.29, 0.717) is 10.8 Å². The predicted octanol–water partition coefficient (Wildman–Crippen LogP) is 5.00. The van der Waals surface area contributed by atoms with E-state index in [0.717, 1.165) is 40.9 Å². The van der Waals surface area contributed by atoms with E-state index in [1.54, 1.807) is 0 Å². The molecule has 128 valence electrons. The van der Waals surface area contributed by atoms with Gasteiger partial charge in [0.2, 0.25) is 0 Å². The molecule has 4 aromatic rings. The highest BCUT2D eigenvalue weighted by Gasteiger charge is 2.11. The van der Waals surface area contributed by atoms with E-state index in [1.165, 1.54) is 0 Å². The lowest BCUT2D eigenvalue weighted by Crippen LogP contribution is -2.09. The quantitative estimate of drug-likeness (QED) is 0.544. The third-order valence-electron chi connectivity index (χ3n) is 4.12. The number of hydrogen-bond donors (Lipinski definition) is 1. The van der Waals surface area contributed by atoms with E-state index in [1.807, 2.05) is 72.9 Å². The molecule has 0 atom stereocenters. The van der Waals surface area contributed by atoms with Gasteiger partial charge >= 0.3 is 0 Å². The van der Waals surface area contributed by atoms with Gasteiger partial charge in [-0.25, -0.2) is 9.97 Å². The van der Waals surface area contributed by atoms with Crippen LogP contribution in [0.5, 0.6) is 0 Å². The summed E-state index contributed by atoms with van der Waals surface area (Å²) in [4.78, 5) is 13.8. The van der Waals surface area contributed by atoms with Crippen molar-refractivity contribution >= 4 is 28.3 Å². The van der Waals surface area contributed by atoms with Gasteiger partial charge in [-0.1, -0.05) is 41.9 Å². The number of rotatable bonds is 5. The van der Waals surface area contributed by atoms with Gasteiger partial charge in [0.1, 0.15) is 5.82 Å². The standard InChI is InChI=1S/C21H17ClN4/c22-18-10-3-1-8-16(18)21-25-19-11-4-2-9-17(19)20(26-21)24-14-12-15-7-5-6-13-23-15/h1-11,13H,12,14H2,(H,24,25,26). The summed E-state index contributed by atoms with van der Waals surface area (Å²) in [6.45, 7) is 0.736. The molecular formula is C21H17ClN4. The zero-order valence-electron chi connectivity index (χ0n) is 14.1. The second-order valence-corrected chi connectivity index (χ2v) is 6.30. The number of pyridine rings is 1. The first-order chi connectivity index (χ1) is 12.8. The summed E-state index contributed by atoms with van der Waals surface area (Å²) in [5, 5.41) is 5.06. The Kier molecular flexibility index (Phi) is 4.75. The third kappa shape index (κ3) is 3.51. The van der Waals surface area contributed by atoms with Gasteiger partial charge in [0.25, 0.3) is 0 Å². The first-order valence-electron chi connectivity index (χ1n) is 8.47. The Hall–Kier alpha value is -2.98. The molecule has 0 saturated carbocycles. The molecule has 0 radical (unpaired) electrons. The summed E-state index contributed by atoms with van der Waals surface area (Å²) in [6, 6.07) is 21.5. The van der Waals surface area contributed by atoms with E-state index in [4.69, 9.17) is 16.6 Å². The molecule has 2 aromatic heterocycles. The van der Waals surface area contributed by atoms with E-state index in [-0.39, 0.29) is 0 Å². The number of hydrogen-bond acceptors (Lipinski definition) is 4. The number of nitrogens with one attached hydrogen (secondary N) is 1. The summed E-state index contributed by atoms with van der Waals surface area (Å²) in [6.07, 6.45) is 2.63. The minimum absolute atomic E-state index is 0.620. The van der Waals surface area contributed by atoms with Gasteiger partial charge in [0.05, 0.1) is 10.5 Å². The van der Waals surface area contributed by atoms with Crippen molar-refractivity contribution in [3.63, 3.8) is 0 Å². The number of aromatic nitrogens is 3. The van der Waals surface area contributed by atoms with Crippen LogP contribution in [-0.4, -0.2) is 21.5 Å². The Balaban J connectivity index is 1.67. The van der Waals surface area contributed by atoms with Crippen LogP contribution in [0.15, 0.2) is 72.9 Å². The van der Waals surface area contributed by atoms with Gasteiger partial charge in [-0.05, 0) is 36.4 Å². The topological polar surface area (TPSA) is 50.7 Å². The fourth-order valence-electron chi connectivity index (χ4n) is 2.83. The zero-order chi connectivity index (χ0) is 17.8. The van der Waals surface area contributed by atoms with E-state index >= 15 is 0 Å². The van der Waals surface area contributed by atoms with Crippen molar-refractivity contribution in [2.75, 3.05) is 11.9 Å². The van der Waals surface area contributed by atoms with Crippen molar-refractivity contribution in [1.82, 2.24) is 15.0 Å². The van der Waals surface area contributed by atoms with Crippen LogP contribution in [0.25, 0.3) is 22.3 Å². The Bertz CT molecular complexity index is 1030. The average molecular weight is 361 g/mol. The van der Waals surface area contributed by atoms with Crippen molar-refractivity contribution in [2.45, 2.75) is 6.42 Å². The monoisotopic (exact) mass is 360 g/mol. The summed E-state index contributed by atoms with van der Waals surface area (Å²) in [5.41, 5.74) is 2.76. The van der Waals surface area contributed by atoms with Gasteiger partial charge in [-0.15, -0.1) is 0 Å². The highest BCUT2D eigenvalue weighted by atomic mass is 35.5. The molecular weight excluding hydrogens is 344 g/mol. The molecule has 0 fully saturated rings. The van der Waals surface area contributed by atoms with E-state index < -0.39 is 0 Å². The van der Waals surface area contributed by atoms with Gasteiger partial charge in [-0.3, -0.25) is 4.98 Å². The van der Waals surface area contributed by atoms with Crippen LogP contribution in [0, 0.1) is 0 Å². The van der Waals surface area contributed by atoms with E-state index in [2.05, 4.69) is 15.3 Å². The second-order valence-electron chi connectivity index (χ2n) is 5.89. The van der Waals surface area contributed by atoms with Crippen molar-refractivity contribution in [1.29, 1.82) is 0 Å². The fourth-order valence-corrected chi connectivity index (χ4v) is 3.05. The number of halogens is 1. The third-order valence-corrected chi connectivity index (χ3v) is 4.45. The maximum absolute atomic E-state index is 6.34. The largest absolute Gasteiger partial charge is 0.369 e.